The Kier molecular flexibility index (Phi) is 3.12. The molecule has 80 valence electrons. The highest BCUT2D eigenvalue weighted by molar-refractivity contribution is 9.10. The minimum atomic E-state index is -0.651. The molecule has 1 aliphatic rings. The first kappa shape index (κ1) is 10.7. The largest absolute Gasteiger partial charge is 0.495 e. The lowest BCUT2D eigenvalue weighted by molar-refractivity contribution is 0.118. The van der Waals surface area contributed by atoms with E-state index in [0.717, 1.165) is 22.0 Å². The number of aryl methyl sites for hydroxylation is 1. The van der Waals surface area contributed by atoms with Crippen LogP contribution in [0.2, 0.25) is 0 Å². The second kappa shape index (κ2) is 4.37. The highest BCUT2D eigenvalue weighted by Crippen LogP contribution is 2.32. The minimum absolute atomic E-state index is 0.651. The molecular weight excluding hydrogens is 256 g/mol. The smallest absolute Gasteiger partial charge is 0.137 e. The number of hydrogen-bond donors (Lipinski definition) is 1. The summed E-state index contributed by atoms with van der Waals surface area (Å²) in [5.74, 6) is 0.668. The summed E-state index contributed by atoms with van der Waals surface area (Å²) in [6.07, 6.45) is 2.18. The number of aliphatic hydroxyl groups is 1. The molecule has 2 nitrogen and oxygen atoms in total. The van der Waals surface area contributed by atoms with Crippen LogP contribution in [0.5, 0.6) is 0 Å². The lowest BCUT2D eigenvalue weighted by Gasteiger charge is -2.15. The molecule has 0 fully saturated rings. The predicted molar refractivity (Wildman–Crippen MR) is 62.5 cm³/mol. The Morgan fingerprint density at radius 3 is 2.93 bits per heavy atom. The van der Waals surface area contributed by atoms with E-state index in [1.54, 1.807) is 0 Å². The third-order valence-corrected chi connectivity index (χ3v) is 3.60. The summed E-state index contributed by atoms with van der Waals surface area (Å²) in [4.78, 5) is 0. The molecule has 3 heteroatoms. The molecule has 0 radical (unpaired) electrons. The monoisotopic (exact) mass is 268 g/mol. The Balaban J connectivity index is 2.32. The van der Waals surface area contributed by atoms with Crippen LogP contribution in [0.1, 0.15) is 23.7 Å². The van der Waals surface area contributed by atoms with Crippen LogP contribution >= 0.6 is 15.9 Å². The zero-order chi connectivity index (χ0) is 10.8. The van der Waals surface area contributed by atoms with E-state index >= 15 is 0 Å². The van der Waals surface area contributed by atoms with Crippen molar-refractivity contribution in [3.63, 3.8) is 0 Å². The molecule has 1 N–H and O–H groups in total. The summed E-state index contributed by atoms with van der Waals surface area (Å²) in [7, 11) is 0. The summed E-state index contributed by atoms with van der Waals surface area (Å²) in [6, 6.07) is 5.85. The number of rotatable bonds is 2. The molecule has 0 aromatic heterocycles. The third kappa shape index (κ3) is 2.08. The van der Waals surface area contributed by atoms with Gasteiger partial charge >= 0.3 is 0 Å². The lowest BCUT2D eigenvalue weighted by atomic mass is 10.1. The number of aliphatic hydroxyl groups excluding tert-OH is 1. The predicted octanol–water partition coefficient (Wildman–Crippen LogP) is 3.10. The SMILES string of the molecule is Cc1cccc(C(O)C2=CCCO2)c1Br. The Bertz CT molecular complexity index is 399. The molecule has 2 rings (SSSR count). The first-order valence-corrected chi connectivity index (χ1v) is 5.75. The quantitative estimate of drug-likeness (QED) is 0.894. The van der Waals surface area contributed by atoms with E-state index in [2.05, 4.69) is 15.9 Å². The van der Waals surface area contributed by atoms with Gasteiger partial charge in [0.1, 0.15) is 11.9 Å². The van der Waals surface area contributed by atoms with Gasteiger partial charge in [-0.2, -0.15) is 0 Å². The van der Waals surface area contributed by atoms with Gasteiger partial charge in [0.25, 0.3) is 0 Å². The molecule has 0 spiro atoms. The molecule has 1 aromatic rings. The molecule has 1 atom stereocenters. The van der Waals surface area contributed by atoms with Gasteiger partial charge in [0, 0.05) is 16.5 Å². The average molecular weight is 269 g/mol. The van der Waals surface area contributed by atoms with Crippen molar-refractivity contribution < 1.29 is 9.84 Å². The molecule has 0 aliphatic carbocycles. The van der Waals surface area contributed by atoms with Crippen molar-refractivity contribution >= 4 is 15.9 Å². The van der Waals surface area contributed by atoms with E-state index in [4.69, 9.17) is 4.74 Å². The van der Waals surface area contributed by atoms with Crippen LogP contribution in [-0.2, 0) is 4.74 Å². The molecule has 1 aromatic carbocycles. The van der Waals surface area contributed by atoms with Gasteiger partial charge in [0.05, 0.1) is 6.61 Å². The van der Waals surface area contributed by atoms with Gasteiger partial charge in [-0.05, 0) is 18.6 Å². The lowest BCUT2D eigenvalue weighted by Crippen LogP contribution is -2.03. The summed E-state index contributed by atoms with van der Waals surface area (Å²) < 4.78 is 6.31. The van der Waals surface area contributed by atoms with Crippen molar-refractivity contribution in [1.82, 2.24) is 0 Å². The Morgan fingerprint density at radius 2 is 2.27 bits per heavy atom. The van der Waals surface area contributed by atoms with Crippen molar-refractivity contribution in [2.24, 2.45) is 0 Å². The van der Waals surface area contributed by atoms with Crippen molar-refractivity contribution in [2.45, 2.75) is 19.4 Å². The molecular formula is C12H13BrO2. The van der Waals surface area contributed by atoms with E-state index in [9.17, 15) is 5.11 Å². The standard InChI is InChI=1S/C12H13BrO2/c1-8-4-2-5-9(11(8)13)12(14)10-6-3-7-15-10/h2,4-6,12,14H,3,7H2,1H3. The van der Waals surface area contributed by atoms with Gasteiger partial charge < -0.3 is 9.84 Å². The number of halogens is 1. The van der Waals surface area contributed by atoms with Crippen LogP contribution in [0, 0.1) is 6.92 Å². The Hall–Kier alpha value is -0.800. The molecule has 15 heavy (non-hydrogen) atoms. The summed E-state index contributed by atoms with van der Waals surface area (Å²) in [5, 5.41) is 10.1. The molecule has 1 heterocycles. The van der Waals surface area contributed by atoms with Crippen LogP contribution in [-0.4, -0.2) is 11.7 Å². The summed E-state index contributed by atoms with van der Waals surface area (Å²) >= 11 is 3.49. The normalized spacial score (nSPS) is 17.1. The van der Waals surface area contributed by atoms with Gasteiger partial charge in [0.2, 0.25) is 0 Å². The van der Waals surface area contributed by atoms with Gasteiger partial charge in [-0.15, -0.1) is 0 Å². The van der Waals surface area contributed by atoms with Crippen molar-refractivity contribution in [1.29, 1.82) is 0 Å². The van der Waals surface area contributed by atoms with Crippen molar-refractivity contribution in [3.05, 3.63) is 45.6 Å². The van der Waals surface area contributed by atoms with Crippen LogP contribution in [0.3, 0.4) is 0 Å². The fraction of sp³-hybridized carbons (Fsp3) is 0.333. The average Bonchev–Trinajstić information content (AvgIpc) is 2.74. The van der Waals surface area contributed by atoms with E-state index in [0.29, 0.717) is 12.4 Å². The molecule has 0 saturated carbocycles. The highest BCUT2D eigenvalue weighted by Gasteiger charge is 2.20. The van der Waals surface area contributed by atoms with Crippen LogP contribution < -0.4 is 0 Å². The molecule has 1 aliphatic heterocycles. The minimum Gasteiger partial charge on any atom is -0.495 e. The Morgan fingerprint density at radius 1 is 1.47 bits per heavy atom. The number of ether oxygens (including phenoxy) is 1. The zero-order valence-electron chi connectivity index (χ0n) is 8.53. The second-order valence-corrected chi connectivity index (χ2v) is 4.42. The van der Waals surface area contributed by atoms with Crippen LogP contribution in [0.4, 0.5) is 0 Å². The third-order valence-electron chi connectivity index (χ3n) is 2.52. The zero-order valence-corrected chi connectivity index (χ0v) is 10.1. The summed E-state index contributed by atoms with van der Waals surface area (Å²) in [5.41, 5.74) is 1.98. The van der Waals surface area contributed by atoms with E-state index in [1.807, 2.05) is 31.2 Å². The highest BCUT2D eigenvalue weighted by atomic mass is 79.9. The van der Waals surface area contributed by atoms with Gasteiger partial charge in [0.15, 0.2) is 0 Å². The van der Waals surface area contributed by atoms with Crippen molar-refractivity contribution in [3.8, 4) is 0 Å². The molecule has 1 unspecified atom stereocenters. The fourth-order valence-electron chi connectivity index (χ4n) is 1.66. The molecule has 0 saturated heterocycles. The van der Waals surface area contributed by atoms with Gasteiger partial charge in [-0.3, -0.25) is 0 Å². The summed E-state index contributed by atoms with van der Waals surface area (Å²) in [6.45, 7) is 2.68. The number of benzene rings is 1. The maximum atomic E-state index is 10.1. The van der Waals surface area contributed by atoms with Crippen LogP contribution in [0.15, 0.2) is 34.5 Å². The second-order valence-electron chi connectivity index (χ2n) is 3.62. The number of hydrogen-bond acceptors (Lipinski definition) is 2. The van der Waals surface area contributed by atoms with Crippen LogP contribution in [0.25, 0.3) is 0 Å². The van der Waals surface area contributed by atoms with E-state index < -0.39 is 6.10 Å². The fourth-order valence-corrected chi connectivity index (χ4v) is 2.14. The first-order valence-electron chi connectivity index (χ1n) is 4.96. The topological polar surface area (TPSA) is 29.5 Å². The molecule has 0 amide bonds. The van der Waals surface area contributed by atoms with E-state index in [1.165, 1.54) is 0 Å². The first-order chi connectivity index (χ1) is 7.20. The molecule has 0 bridgehead atoms. The maximum absolute atomic E-state index is 10.1. The van der Waals surface area contributed by atoms with Crippen molar-refractivity contribution in [2.75, 3.05) is 6.61 Å². The van der Waals surface area contributed by atoms with Gasteiger partial charge in [-0.1, -0.05) is 34.1 Å². The van der Waals surface area contributed by atoms with E-state index in [-0.39, 0.29) is 0 Å². The Labute approximate surface area is 97.7 Å². The maximum Gasteiger partial charge on any atom is 0.137 e. The van der Waals surface area contributed by atoms with Gasteiger partial charge in [-0.25, -0.2) is 0 Å².